The third-order valence-corrected chi connectivity index (χ3v) is 8.20. The molecule has 31 heavy (non-hydrogen) atoms. The minimum absolute atomic E-state index is 0.118. The molecule has 0 unspecified atom stereocenters. The van der Waals surface area contributed by atoms with Gasteiger partial charge in [0.1, 0.15) is 5.60 Å². The standard InChI is InChI=1S/C28H40N2O/c1-25(2,3)21-13-15-22(16-14-21)28(31)26(4,5)24(27(28,6)7)30-19-17-29(18-20-30)23-11-9-8-10-12-23/h8-16,24,31H,17-20H2,1-7H3/t24-,28+. The first kappa shape index (κ1) is 22.4. The summed E-state index contributed by atoms with van der Waals surface area (Å²) in [5.74, 6) is 0. The Morgan fingerprint density at radius 2 is 1.29 bits per heavy atom. The van der Waals surface area contributed by atoms with E-state index in [4.69, 9.17) is 0 Å². The second-order valence-corrected chi connectivity index (χ2v) is 11.7. The van der Waals surface area contributed by atoms with Crippen LogP contribution in [-0.2, 0) is 11.0 Å². The van der Waals surface area contributed by atoms with Crippen molar-refractivity contribution in [1.82, 2.24) is 4.90 Å². The van der Waals surface area contributed by atoms with Gasteiger partial charge in [-0.25, -0.2) is 0 Å². The third kappa shape index (κ3) is 3.32. The van der Waals surface area contributed by atoms with Gasteiger partial charge in [0, 0.05) is 48.7 Å². The van der Waals surface area contributed by atoms with Crippen LogP contribution in [0.1, 0.15) is 59.6 Å². The summed E-state index contributed by atoms with van der Waals surface area (Å²) < 4.78 is 0. The summed E-state index contributed by atoms with van der Waals surface area (Å²) in [6, 6.07) is 19.8. The Kier molecular flexibility index (Phi) is 5.30. The van der Waals surface area contributed by atoms with E-state index in [1.165, 1.54) is 11.3 Å². The van der Waals surface area contributed by atoms with Gasteiger partial charge in [0.05, 0.1) is 0 Å². The van der Waals surface area contributed by atoms with Gasteiger partial charge in [-0.3, -0.25) is 4.90 Å². The largest absolute Gasteiger partial charge is 0.384 e. The summed E-state index contributed by atoms with van der Waals surface area (Å²) in [6.07, 6.45) is 0. The van der Waals surface area contributed by atoms with Crippen LogP contribution in [-0.4, -0.2) is 42.2 Å². The van der Waals surface area contributed by atoms with Crippen LogP contribution in [0, 0.1) is 10.8 Å². The van der Waals surface area contributed by atoms with Crippen LogP contribution in [0.3, 0.4) is 0 Å². The van der Waals surface area contributed by atoms with Gasteiger partial charge in [-0.15, -0.1) is 0 Å². The molecule has 3 nitrogen and oxygen atoms in total. The molecule has 2 aromatic rings. The molecule has 0 amide bonds. The van der Waals surface area contributed by atoms with E-state index in [0.29, 0.717) is 6.04 Å². The van der Waals surface area contributed by atoms with Crippen molar-refractivity contribution in [2.45, 2.75) is 65.5 Å². The molecule has 0 bridgehead atoms. The number of aliphatic hydroxyl groups is 1. The predicted octanol–water partition coefficient (Wildman–Crippen LogP) is 5.43. The lowest BCUT2D eigenvalue weighted by Crippen LogP contribution is -2.79. The molecule has 1 aliphatic carbocycles. The Balaban J connectivity index is 1.54. The fourth-order valence-corrected chi connectivity index (χ4v) is 6.80. The maximum atomic E-state index is 12.1. The highest BCUT2D eigenvalue weighted by Crippen LogP contribution is 2.68. The van der Waals surface area contributed by atoms with Crippen LogP contribution in [0.25, 0.3) is 0 Å². The van der Waals surface area contributed by atoms with Gasteiger partial charge in [0.2, 0.25) is 0 Å². The SMILES string of the molecule is CC(C)(C)c1ccc([C@]2(O)C(C)(C)[C@@H](N3CCN(c4ccccc4)CC3)C2(C)C)cc1. The van der Waals surface area contributed by atoms with Crippen molar-refractivity contribution in [3.05, 3.63) is 65.7 Å². The molecule has 1 heterocycles. The van der Waals surface area contributed by atoms with Crippen molar-refractivity contribution in [2.24, 2.45) is 10.8 Å². The lowest BCUT2D eigenvalue weighted by molar-refractivity contribution is -0.307. The highest BCUT2D eigenvalue weighted by Gasteiger charge is 2.73. The van der Waals surface area contributed by atoms with E-state index in [2.05, 4.69) is 113 Å². The molecule has 2 aliphatic rings. The summed E-state index contributed by atoms with van der Waals surface area (Å²) in [5, 5.41) is 12.1. The van der Waals surface area contributed by atoms with Crippen LogP contribution in [0.2, 0.25) is 0 Å². The maximum Gasteiger partial charge on any atom is 0.103 e. The Bertz CT molecular complexity index is 884. The normalized spacial score (nSPS) is 28.3. The molecule has 168 valence electrons. The van der Waals surface area contributed by atoms with Crippen molar-refractivity contribution < 1.29 is 5.11 Å². The van der Waals surface area contributed by atoms with Gasteiger partial charge in [0.25, 0.3) is 0 Å². The molecule has 1 saturated carbocycles. The molecule has 4 rings (SSSR count). The molecule has 0 radical (unpaired) electrons. The zero-order valence-electron chi connectivity index (χ0n) is 20.4. The molecule has 0 atom stereocenters. The monoisotopic (exact) mass is 420 g/mol. The zero-order chi connectivity index (χ0) is 22.7. The third-order valence-electron chi connectivity index (χ3n) is 8.20. The molecule has 2 aromatic carbocycles. The van der Waals surface area contributed by atoms with Gasteiger partial charge in [-0.05, 0) is 28.7 Å². The lowest BCUT2D eigenvalue weighted by Gasteiger charge is -2.72. The Hall–Kier alpha value is -1.84. The molecular formula is C28H40N2O. The first-order valence-electron chi connectivity index (χ1n) is 11.8. The number of hydrogen-bond acceptors (Lipinski definition) is 3. The van der Waals surface area contributed by atoms with Crippen molar-refractivity contribution >= 4 is 5.69 Å². The minimum atomic E-state index is -0.850. The van der Waals surface area contributed by atoms with E-state index in [1.807, 2.05) is 0 Å². The number of rotatable bonds is 3. The number of anilines is 1. The van der Waals surface area contributed by atoms with E-state index in [9.17, 15) is 5.11 Å². The molecule has 1 aliphatic heterocycles. The first-order valence-corrected chi connectivity index (χ1v) is 11.8. The second kappa shape index (κ2) is 7.35. The molecule has 1 N–H and O–H groups in total. The van der Waals surface area contributed by atoms with Crippen LogP contribution in [0.5, 0.6) is 0 Å². The molecule has 2 fully saturated rings. The van der Waals surface area contributed by atoms with Crippen LogP contribution in [0.4, 0.5) is 5.69 Å². The lowest BCUT2D eigenvalue weighted by atomic mass is 9.39. The molecule has 0 aromatic heterocycles. The summed E-state index contributed by atoms with van der Waals surface area (Å²) in [6.45, 7) is 19.9. The fourth-order valence-electron chi connectivity index (χ4n) is 6.80. The smallest absolute Gasteiger partial charge is 0.103 e. The number of para-hydroxylation sites is 1. The van der Waals surface area contributed by atoms with Crippen molar-refractivity contribution in [3.63, 3.8) is 0 Å². The minimum Gasteiger partial charge on any atom is -0.384 e. The Labute approximate surface area is 189 Å². The summed E-state index contributed by atoms with van der Waals surface area (Å²) in [5.41, 5.74) is 2.48. The fraction of sp³-hybridized carbons (Fsp3) is 0.571. The van der Waals surface area contributed by atoms with Crippen LogP contribution in [0.15, 0.2) is 54.6 Å². The van der Waals surface area contributed by atoms with E-state index in [-0.39, 0.29) is 16.2 Å². The van der Waals surface area contributed by atoms with Crippen molar-refractivity contribution in [1.29, 1.82) is 0 Å². The van der Waals surface area contributed by atoms with E-state index >= 15 is 0 Å². The molecule has 1 saturated heterocycles. The average Bonchev–Trinajstić information content (AvgIpc) is 2.73. The second-order valence-electron chi connectivity index (χ2n) is 11.7. The Morgan fingerprint density at radius 3 is 1.77 bits per heavy atom. The topological polar surface area (TPSA) is 26.7 Å². The van der Waals surface area contributed by atoms with E-state index in [0.717, 1.165) is 31.7 Å². The number of piperazine rings is 1. The van der Waals surface area contributed by atoms with Gasteiger partial charge < -0.3 is 10.0 Å². The quantitative estimate of drug-likeness (QED) is 0.717. The van der Waals surface area contributed by atoms with Gasteiger partial charge in [0.15, 0.2) is 0 Å². The maximum absolute atomic E-state index is 12.1. The predicted molar refractivity (Wildman–Crippen MR) is 131 cm³/mol. The van der Waals surface area contributed by atoms with Crippen LogP contribution < -0.4 is 4.90 Å². The summed E-state index contributed by atoms with van der Waals surface area (Å²) in [4.78, 5) is 5.10. The highest BCUT2D eigenvalue weighted by atomic mass is 16.3. The molecule has 0 spiro atoms. The van der Waals surface area contributed by atoms with Gasteiger partial charge >= 0.3 is 0 Å². The van der Waals surface area contributed by atoms with Crippen molar-refractivity contribution in [3.8, 4) is 0 Å². The number of hydrogen-bond donors (Lipinski definition) is 1. The summed E-state index contributed by atoms with van der Waals surface area (Å²) >= 11 is 0. The Morgan fingerprint density at radius 1 is 0.774 bits per heavy atom. The molecular weight excluding hydrogens is 380 g/mol. The van der Waals surface area contributed by atoms with Crippen LogP contribution >= 0.6 is 0 Å². The van der Waals surface area contributed by atoms with Gasteiger partial charge in [-0.2, -0.15) is 0 Å². The number of benzene rings is 2. The van der Waals surface area contributed by atoms with Crippen molar-refractivity contribution in [2.75, 3.05) is 31.1 Å². The average molecular weight is 421 g/mol. The van der Waals surface area contributed by atoms with E-state index in [1.54, 1.807) is 0 Å². The summed E-state index contributed by atoms with van der Waals surface area (Å²) in [7, 11) is 0. The highest BCUT2D eigenvalue weighted by molar-refractivity contribution is 5.46. The molecule has 3 heteroatoms. The first-order chi connectivity index (χ1) is 14.4. The number of nitrogens with zero attached hydrogens (tertiary/aromatic N) is 2. The van der Waals surface area contributed by atoms with Gasteiger partial charge in [-0.1, -0.05) is 90.9 Å². The zero-order valence-corrected chi connectivity index (χ0v) is 20.4. The van der Waals surface area contributed by atoms with E-state index < -0.39 is 5.60 Å².